The summed E-state index contributed by atoms with van der Waals surface area (Å²) in [5, 5.41) is 0. The van der Waals surface area contributed by atoms with Crippen molar-refractivity contribution >= 4 is 58.8 Å². The Balaban J connectivity index is 2.76. The van der Waals surface area contributed by atoms with Crippen molar-refractivity contribution in [1.29, 1.82) is 0 Å². The van der Waals surface area contributed by atoms with E-state index in [2.05, 4.69) is 31.9 Å². The zero-order valence-electron chi connectivity index (χ0n) is 9.20. The van der Waals surface area contributed by atoms with Gasteiger partial charge < -0.3 is 0 Å². The zero-order valence-corrected chi connectivity index (χ0v) is 14.0. The van der Waals surface area contributed by atoms with Crippen LogP contribution in [0.5, 0.6) is 0 Å². The molecule has 0 saturated carbocycles. The number of halogens is 2. The Bertz CT molecular complexity index is 506. The summed E-state index contributed by atoms with van der Waals surface area (Å²) in [5.41, 5.74) is 0.432. The quantitative estimate of drug-likeness (QED) is 0.680. The Hall–Kier alpha value is 0.280. The molecule has 1 rings (SSSR count). The molecule has 96 valence electrons. The third-order valence-electron chi connectivity index (χ3n) is 2.12. The van der Waals surface area contributed by atoms with E-state index in [1.54, 1.807) is 6.07 Å². The van der Waals surface area contributed by atoms with Crippen molar-refractivity contribution in [1.82, 2.24) is 0 Å². The summed E-state index contributed by atoms with van der Waals surface area (Å²) in [6.07, 6.45) is 1.41. The van der Waals surface area contributed by atoms with Crippen LogP contribution in [0.4, 0.5) is 0 Å². The van der Waals surface area contributed by atoms with Crippen LogP contribution < -0.4 is 0 Å². The Kier molecular flexibility index (Phi) is 5.82. The molecule has 0 aromatic carbocycles. The summed E-state index contributed by atoms with van der Waals surface area (Å²) >= 11 is 7.87. The molecular formula is C10H12Br2O3S2. The minimum atomic E-state index is -3.28. The van der Waals surface area contributed by atoms with Gasteiger partial charge in [-0.05, 0) is 44.3 Å². The maximum atomic E-state index is 11.8. The van der Waals surface area contributed by atoms with E-state index in [9.17, 15) is 13.2 Å². The molecule has 0 amide bonds. The Morgan fingerprint density at radius 2 is 2.06 bits per heavy atom. The number of hydrogen-bond donors (Lipinski definition) is 0. The van der Waals surface area contributed by atoms with Gasteiger partial charge in [-0.2, -0.15) is 0 Å². The van der Waals surface area contributed by atoms with E-state index >= 15 is 0 Å². The highest BCUT2D eigenvalue weighted by atomic mass is 79.9. The van der Waals surface area contributed by atoms with E-state index in [0.29, 0.717) is 15.8 Å². The third kappa shape index (κ3) is 4.81. The number of Topliss-reactive ketones (excluding diaryl/α,β-unsaturated/α-hetero) is 1. The molecule has 0 aliphatic rings. The average Bonchev–Trinajstić information content (AvgIpc) is 2.54. The summed E-state index contributed by atoms with van der Waals surface area (Å²) in [6, 6.07) is 1.65. The highest BCUT2D eigenvalue weighted by molar-refractivity contribution is 9.12. The summed E-state index contributed by atoms with van der Waals surface area (Å²) in [5.74, 6) is -0.678. The van der Waals surface area contributed by atoms with Gasteiger partial charge in [-0.3, -0.25) is 4.79 Å². The van der Waals surface area contributed by atoms with Gasteiger partial charge in [0, 0.05) is 5.56 Å². The summed E-state index contributed by atoms with van der Waals surface area (Å²) in [7, 11) is -3.28. The van der Waals surface area contributed by atoms with E-state index < -0.39 is 15.6 Å². The average molecular weight is 404 g/mol. The fourth-order valence-corrected chi connectivity index (χ4v) is 5.53. The molecule has 0 spiro atoms. The molecule has 0 saturated heterocycles. The highest BCUT2D eigenvalue weighted by Gasteiger charge is 2.20. The van der Waals surface area contributed by atoms with Crippen LogP contribution in [-0.2, 0) is 9.84 Å². The van der Waals surface area contributed by atoms with Crippen LogP contribution in [0.25, 0.3) is 0 Å². The van der Waals surface area contributed by atoms with Gasteiger partial charge in [0.05, 0.1) is 13.3 Å². The van der Waals surface area contributed by atoms with Crippen molar-refractivity contribution in [2.75, 3.05) is 11.5 Å². The van der Waals surface area contributed by atoms with Gasteiger partial charge in [0.15, 0.2) is 15.6 Å². The lowest BCUT2D eigenvalue weighted by Gasteiger charge is -2.02. The Labute approximate surface area is 122 Å². The van der Waals surface area contributed by atoms with Crippen LogP contribution in [0.3, 0.4) is 0 Å². The van der Waals surface area contributed by atoms with Gasteiger partial charge in [0.2, 0.25) is 0 Å². The van der Waals surface area contributed by atoms with Gasteiger partial charge >= 0.3 is 0 Å². The first-order valence-electron chi connectivity index (χ1n) is 5.04. The first kappa shape index (κ1) is 15.3. The Morgan fingerprint density at radius 3 is 2.53 bits per heavy atom. The fraction of sp³-hybridized carbons (Fsp3) is 0.500. The predicted octanol–water partition coefficient (Wildman–Crippen LogP) is 3.67. The van der Waals surface area contributed by atoms with Gasteiger partial charge in [0.1, 0.15) is 5.75 Å². The molecule has 0 unspecified atom stereocenters. The predicted molar refractivity (Wildman–Crippen MR) is 77.6 cm³/mol. The molecule has 0 N–H and O–H groups in total. The maximum absolute atomic E-state index is 11.8. The molecule has 1 aromatic heterocycles. The van der Waals surface area contributed by atoms with Crippen molar-refractivity contribution in [3.63, 3.8) is 0 Å². The Morgan fingerprint density at radius 1 is 1.41 bits per heavy atom. The molecule has 0 bridgehead atoms. The van der Waals surface area contributed by atoms with Crippen LogP contribution in [-0.4, -0.2) is 25.7 Å². The van der Waals surface area contributed by atoms with E-state index in [1.807, 2.05) is 6.92 Å². The molecule has 1 aromatic rings. The molecule has 1 heterocycles. The first-order valence-corrected chi connectivity index (χ1v) is 9.26. The number of carbonyl (C=O) groups is 1. The van der Waals surface area contributed by atoms with E-state index in [1.165, 1.54) is 11.3 Å². The number of rotatable bonds is 6. The van der Waals surface area contributed by atoms with Crippen molar-refractivity contribution < 1.29 is 13.2 Å². The molecule has 0 atom stereocenters. The topological polar surface area (TPSA) is 51.2 Å². The van der Waals surface area contributed by atoms with Crippen molar-refractivity contribution in [3.05, 3.63) is 19.2 Å². The SMILES string of the molecule is CCCCS(=O)(=O)CC(=O)c1cc(Br)sc1Br. The van der Waals surface area contributed by atoms with Crippen LogP contribution in [0.15, 0.2) is 13.6 Å². The molecule has 0 fully saturated rings. The molecule has 0 radical (unpaired) electrons. The lowest BCUT2D eigenvalue weighted by atomic mass is 10.2. The van der Waals surface area contributed by atoms with Crippen molar-refractivity contribution in [3.8, 4) is 0 Å². The van der Waals surface area contributed by atoms with Crippen LogP contribution in [0.2, 0.25) is 0 Å². The second kappa shape index (κ2) is 6.45. The van der Waals surface area contributed by atoms with Gasteiger partial charge in [0.25, 0.3) is 0 Å². The fourth-order valence-electron chi connectivity index (χ4n) is 1.24. The molecule has 7 heteroatoms. The monoisotopic (exact) mass is 402 g/mol. The minimum Gasteiger partial charge on any atom is -0.293 e. The molecular weight excluding hydrogens is 392 g/mol. The standard InChI is InChI=1S/C10H12Br2O3S2/c1-2-3-4-17(14,15)6-8(13)7-5-9(11)16-10(7)12/h5H,2-4,6H2,1H3. The number of ketones is 1. The summed E-state index contributed by atoms with van der Waals surface area (Å²) < 4.78 is 24.8. The van der Waals surface area contributed by atoms with Crippen molar-refractivity contribution in [2.45, 2.75) is 19.8 Å². The van der Waals surface area contributed by atoms with Crippen LogP contribution >= 0.6 is 43.2 Å². The summed E-state index contributed by atoms with van der Waals surface area (Å²) in [4.78, 5) is 11.8. The minimum absolute atomic E-state index is 0.0815. The second-order valence-corrected chi connectivity index (χ2v) is 9.54. The van der Waals surface area contributed by atoms with Gasteiger partial charge in [-0.1, -0.05) is 13.3 Å². The third-order valence-corrected chi connectivity index (χ3v) is 6.07. The number of carbonyl (C=O) groups excluding carboxylic acids is 1. The molecule has 17 heavy (non-hydrogen) atoms. The lowest BCUT2D eigenvalue weighted by molar-refractivity contribution is 0.102. The van der Waals surface area contributed by atoms with Gasteiger partial charge in [-0.25, -0.2) is 8.42 Å². The number of sulfone groups is 1. The van der Waals surface area contributed by atoms with Crippen LogP contribution in [0.1, 0.15) is 30.1 Å². The maximum Gasteiger partial charge on any atom is 0.179 e. The smallest absolute Gasteiger partial charge is 0.179 e. The molecule has 3 nitrogen and oxygen atoms in total. The van der Waals surface area contributed by atoms with Crippen molar-refractivity contribution in [2.24, 2.45) is 0 Å². The van der Waals surface area contributed by atoms with E-state index in [4.69, 9.17) is 0 Å². The molecule has 0 aliphatic heterocycles. The summed E-state index contributed by atoms with van der Waals surface area (Å²) in [6.45, 7) is 1.92. The van der Waals surface area contributed by atoms with Gasteiger partial charge in [-0.15, -0.1) is 11.3 Å². The molecule has 0 aliphatic carbocycles. The highest BCUT2D eigenvalue weighted by Crippen LogP contribution is 2.32. The number of unbranched alkanes of at least 4 members (excludes halogenated alkanes) is 1. The van der Waals surface area contributed by atoms with E-state index in [0.717, 1.165) is 10.2 Å². The number of hydrogen-bond acceptors (Lipinski definition) is 4. The zero-order chi connectivity index (χ0) is 13.1. The van der Waals surface area contributed by atoms with E-state index in [-0.39, 0.29) is 11.5 Å². The largest absolute Gasteiger partial charge is 0.293 e. The van der Waals surface area contributed by atoms with Crippen LogP contribution in [0, 0.1) is 0 Å². The second-order valence-electron chi connectivity index (χ2n) is 3.61. The number of thiophene rings is 1. The normalized spacial score (nSPS) is 11.7. The lowest BCUT2D eigenvalue weighted by Crippen LogP contribution is -2.18. The first-order chi connectivity index (χ1) is 7.85.